The Bertz CT molecular complexity index is 672. The van der Waals surface area contributed by atoms with Crippen LogP contribution in [0.2, 0.25) is 0 Å². The molecule has 0 aromatic carbocycles. The van der Waals surface area contributed by atoms with E-state index in [0.29, 0.717) is 0 Å². The first-order valence-electron chi connectivity index (χ1n) is 7.82. The molecular formula is C16H20N6. The highest BCUT2D eigenvalue weighted by Crippen LogP contribution is 2.29. The summed E-state index contributed by atoms with van der Waals surface area (Å²) in [5, 5.41) is 3.40. The molecule has 6 heteroatoms. The maximum Gasteiger partial charge on any atom is 0.163 e. The SMILES string of the molecule is N[C@@H]1CCN(c2nc(-c3cccnc3)nc3c2CCNC3)C1. The molecule has 1 fully saturated rings. The second kappa shape index (κ2) is 5.62. The molecular weight excluding hydrogens is 276 g/mol. The minimum absolute atomic E-state index is 0.245. The Kier molecular flexibility index (Phi) is 3.48. The molecule has 0 saturated carbocycles. The second-order valence-corrected chi connectivity index (χ2v) is 5.96. The number of anilines is 1. The van der Waals surface area contributed by atoms with Gasteiger partial charge in [0.15, 0.2) is 5.82 Å². The molecule has 2 aromatic heterocycles. The molecule has 2 aliphatic heterocycles. The molecule has 22 heavy (non-hydrogen) atoms. The number of rotatable bonds is 2. The van der Waals surface area contributed by atoms with Gasteiger partial charge in [0, 0.05) is 49.2 Å². The second-order valence-electron chi connectivity index (χ2n) is 5.96. The standard InChI is InChI=1S/C16H20N6/c17-12-4-7-22(10-12)16-13-3-6-19-9-14(13)20-15(21-16)11-2-1-5-18-8-11/h1-2,5,8,12,19H,3-4,6-7,9-10,17H2/t12-/m1/s1. The lowest BCUT2D eigenvalue weighted by Crippen LogP contribution is -2.31. The molecule has 0 spiro atoms. The van der Waals surface area contributed by atoms with Crippen molar-refractivity contribution >= 4 is 5.82 Å². The van der Waals surface area contributed by atoms with E-state index in [1.807, 2.05) is 18.3 Å². The Hall–Kier alpha value is -2.05. The number of aromatic nitrogens is 3. The summed E-state index contributed by atoms with van der Waals surface area (Å²) in [6.07, 6.45) is 5.59. The zero-order valence-corrected chi connectivity index (χ0v) is 12.5. The number of hydrogen-bond acceptors (Lipinski definition) is 6. The largest absolute Gasteiger partial charge is 0.355 e. The normalized spacial score (nSPS) is 21.0. The minimum Gasteiger partial charge on any atom is -0.355 e. The Balaban J connectivity index is 1.81. The van der Waals surface area contributed by atoms with Crippen LogP contribution in [0, 0.1) is 0 Å². The van der Waals surface area contributed by atoms with E-state index in [-0.39, 0.29) is 6.04 Å². The molecule has 0 amide bonds. The van der Waals surface area contributed by atoms with Crippen molar-refractivity contribution < 1.29 is 0 Å². The van der Waals surface area contributed by atoms with Gasteiger partial charge in [0.25, 0.3) is 0 Å². The number of pyridine rings is 1. The summed E-state index contributed by atoms with van der Waals surface area (Å²) >= 11 is 0. The van der Waals surface area contributed by atoms with E-state index in [0.717, 1.165) is 61.9 Å². The number of nitrogens with zero attached hydrogens (tertiary/aromatic N) is 4. The molecule has 0 unspecified atom stereocenters. The van der Waals surface area contributed by atoms with Gasteiger partial charge in [0.2, 0.25) is 0 Å². The Morgan fingerprint density at radius 3 is 3.05 bits per heavy atom. The van der Waals surface area contributed by atoms with E-state index < -0.39 is 0 Å². The summed E-state index contributed by atoms with van der Waals surface area (Å²) < 4.78 is 0. The molecule has 0 aliphatic carbocycles. The summed E-state index contributed by atoms with van der Waals surface area (Å²) in [6.45, 7) is 3.64. The van der Waals surface area contributed by atoms with Crippen molar-refractivity contribution in [1.82, 2.24) is 20.3 Å². The van der Waals surface area contributed by atoms with Crippen molar-refractivity contribution in [1.29, 1.82) is 0 Å². The fourth-order valence-electron chi connectivity index (χ4n) is 3.21. The molecule has 4 rings (SSSR count). The lowest BCUT2D eigenvalue weighted by Gasteiger charge is -2.25. The van der Waals surface area contributed by atoms with Gasteiger partial charge in [-0.3, -0.25) is 4.98 Å². The van der Waals surface area contributed by atoms with E-state index in [2.05, 4.69) is 15.2 Å². The van der Waals surface area contributed by atoms with Crippen molar-refractivity contribution in [3.05, 3.63) is 35.8 Å². The molecule has 114 valence electrons. The summed E-state index contributed by atoms with van der Waals surface area (Å²) in [6, 6.07) is 4.17. The lowest BCUT2D eigenvalue weighted by atomic mass is 10.1. The van der Waals surface area contributed by atoms with Crippen molar-refractivity contribution in [2.45, 2.75) is 25.4 Å². The fraction of sp³-hybridized carbons (Fsp3) is 0.438. The van der Waals surface area contributed by atoms with Gasteiger partial charge in [-0.2, -0.15) is 0 Å². The van der Waals surface area contributed by atoms with E-state index in [1.54, 1.807) is 6.20 Å². The molecule has 1 saturated heterocycles. The fourth-order valence-corrected chi connectivity index (χ4v) is 3.21. The van der Waals surface area contributed by atoms with Crippen LogP contribution in [0.4, 0.5) is 5.82 Å². The molecule has 2 aliphatic rings. The summed E-state index contributed by atoms with van der Waals surface area (Å²) in [4.78, 5) is 16.1. The highest BCUT2D eigenvalue weighted by atomic mass is 15.2. The lowest BCUT2D eigenvalue weighted by molar-refractivity contribution is 0.621. The van der Waals surface area contributed by atoms with Crippen LogP contribution in [-0.4, -0.2) is 40.6 Å². The molecule has 3 N–H and O–H groups in total. The van der Waals surface area contributed by atoms with Gasteiger partial charge in [-0.1, -0.05) is 0 Å². The Morgan fingerprint density at radius 1 is 1.32 bits per heavy atom. The predicted octanol–water partition coefficient (Wildman–Crippen LogP) is 0.722. The third-order valence-electron chi connectivity index (χ3n) is 4.36. The highest BCUT2D eigenvalue weighted by Gasteiger charge is 2.26. The third-order valence-corrected chi connectivity index (χ3v) is 4.36. The average molecular weight is 296 g/mol. The Labute approximate surface area is 129 Å². The Morgan fingerprint density at radius 2 is 2.27 bits per heavy atom. The van der Waals surface area contributed by atoms with Crippen LogP contribution in [0.1, 0.15) is 17.7 Å². The molecule has 0 radical (unpaired) electrons. The molecule has 6 nitrogen and oxygen atoms in total. The highest BCUT2D eigenvalue weighted by molar-refractivity contribution is 5.60. The van der Waals surface area contributed by atoms with Crippen LogP contribution in [0.3, 0.4) is 0 Å². The van der Waals surface area contributed by atoms with Crippen molar-refractivity contribution in [3.63, 3.8) is 0 Å². The quantitative estimate of drug-likeness (QED) is 0.850. The smallest absolute Gasteiger partial charge is 0.163 e. The summed E-state index contributed by atoms with van der Waals surface area (Å²) in [5.41, 5.74) is 9.42. The maximum atomic E-state index is 6.08. The molecule has 2 aromatic rings. The van der Waals surface area contributed by atoms with Crippen LogP contribution in [0.15, 0.2) is 24.5 Å². The number of fused-ring (bicyclic) bond motifs is 1. The first kappa shape index (κ1) is 13.6. The van der Waals surface area contributed by atoms with Gasteiger partial charge < -0.3 is 16.0 Å². The molecule has 4 heterocycles. The van der Waals surface area contributed by atoms with Crippen LogP contribution in [0.25, 0.3) is 11.4 Å². The first-order valence-corrected chi connectivity index (χ1v) is 7.82. The summed E-state index contributed by atoms with van der Waals surface area (Å²) in [5.74, 6) is 1.82. The van der Waals surface area contributed by atoms with Crippen LogP contribution in [-0.2, 0) is 13.0 Å². The van der Waals surface area contributed by atoms with Gasteiger partial charge in [0.05, 0.1) is 5.69 Å². The number of nitrogens with two attached hydrogens (primary N) is 1. The number of hydrogen-bond donors (Lipinski definition) is 2. The minimum atomic E-state index is 0.245. The molecule has 0 bridgehead atoms. The topological polar surface area (TPSA) is 80.0 Å². The first-order chi connectivity index (χ1) is 10.8. The third kappa shape index (κ3) is 2.44. The van der Waals surface area contributed by atoms with Gasteiger partial charge in [-0.05, 0) is 31.5 Å². The van der Waals surface area contributed by atoms with E-state index in [1.165, 1.54) is 5.56 Å². The van der Waals surface area contributed by atoms with E-state index in [9.17, 15) is 0 Å². The van der Waals surface area contributed by atoms with Crippen LogP contribution in [0.5, 0.6) is 0 Å². The van der Waals surface area contributed by atoms with Crippen molar-refractivity contribution in [2.24, 2.45) is 5.73 Å². The van der Waals surface area contributed by atoms with Gasteiger partial charge in [0.1, 0.15) is 5.82 Å². The van der Waals surface area contributed by atoms with Crippen molar-refractivity contribution in [3.8, 4) is 11.4 Å². The average Bonchev–Trinajstić information content (AvgIpc) is 3.01. The predicted molar refractivity (Wildman–Crippen MR) is 85.5 cm³/mol. The van der Waals surface area contributed by atoms with Crippen molar-refractivity contribution in [2.75, 3.05) is 24.5 Å². The zero-order chi connectivity index (χ0) is 14.9. The summed E-state index contributed by atoms with van der Waals surface area (Å²) in [7, 11) is 0. The van der Waals surface area contributed by atoms with E-state index in [4.69, 9.17) is 15.7 Å². The van der Waals surface area contributed by atoms with E-state index >= 15 is 0 Å². The monoisotopic (exact) mass is 296 g/mol. The van der Waals surface area contributed by atoms with Gasteiger partial charge in [-0.15, -0.1) is 0 Å². The van der Waals surface area contributed by atoms with Crippen LogP contribution < -0.4 is 16.0 Å². The van der Waals surface area contributed by atoms with Gasteiger partial charge in [-0.25, -0.2) is 9.97 Å². The maximum absolute atomic E-state index is 6.08. The van der Waals surface area contributed by atoms with Crippen LogP contribution >= 0.6 is 0 Å². The zero-order valence-electron chi connectivity index (χ0n) is 12.5. The number of nitrogens with one attached hydrogen (secondary N) is 1. The van der Waals surface area contributed by atoms with Gasteiger partial charge >= 0.3 is 0 Å². The molecule has 1 atom stereocenters.